The summed E-state index contributed by atoms with van der Waals surface area (Å²) in [6, 6.07) is 6.43. The number of rotatable bonds is 7. The standard InChI is InChI=1S/C27H29F2N9O2/c1-16(2)5-7-21(26(39)36-11-9-35(10-12-36)20-8-6-17(28)14-19(20)29)37-25-18(15-31-37)24-32-23(22-4-3-13-40-22)34-38(24)27(30)33-25/h3-4,6,8,13-16,21H,5,7,9-12H2,1-2H3,(H2,30,33)/t21-/m0/s1. The Morgan fingerprint density at radius 3 is 2.58 bits per heavy atom. The Kier molecular flexibility index (Phi) is 6.56. The lowest BCUT2D eigenvalue weighted by molar-refractivity contribution is -0.135. The van der Waals surface area contributed by atoms with Crippen molar-refractivity contribution < 1.29 is 18.0 Å². The first-order chi connectivity index (χ1) is 19.3. The Hall–Kier alpha value is -4.55. The van der Waals surface area contributed by atoms with Gasteiger partial charge in [0.2, 0.25) is 17.7 Å². The van der Waals surface area contributed by atoms with E-state index in [0.717, 1.165) is 12.5 Å². The van der Waals surface area contributed by atoms with Gasteiger partial charge in [-0.05, 0) is 43.0 Å². The third-order valence-electron chi connectivity index (χ3n) is 7.24. The Bertz CT molecular complexity index is 1670. The van der Waals surface area contributed by atoms with E-state index in [1.165, 1.54) is 22.9 Å². The van der Waals surface area contributed by atoms with E-state index >= 15 is 0 Å². The number of carbonyl (C=O) groups is 1. The maximum Gasteiger partial charge on any atom is 0.247 e. The van der Waals surface area contributed by atoms with Crippen LogP contribution >= 0.6 is 0 Å². The molecule has 5 aromatic rings. The third kappa shape index (κ3) is 4.61. The van der Waals surface area contributed by atoms with Crippen LogP contribution in [0.4, 0.5) is 20.4 Å². The molecule has 0 saturated carbocycles. The number of furan rings is 1. The van der Waals surface area contributed by atoms with Gasteiger partial charge in [0.05, 0.1) is 23.5 Å². The average Bonchev–Trinajstić information content (AvgIpc) is 3.69. The second kappa shape index (κ2) is 10.2. The number of nitrogens with two attached hydrogens (primary N) is 1. The molecule has 0 unspecified atom stereocenters. The van der Waals surface area contributed by atoms with Crippen LogP contribution in [0.2, 0.25) is 0 Å². The highest BCUT2D eigenvalue weighted by Crippen LogP contribution is 2.29. The number of benzene rings is 1. The highest BCUT2D eigenvalue weighted by Gasteiger charge is 2.32. The molecule has 5 heterocycles. The molecule has 6 rings (SSSR count). The van der Waals surface area contributed by atoms with Gasteiger partial charge in [-0.25, -0.2) is 18.4 Å². The number of nitrogen functional groups attached to an aromatic ring is 1. The summed E-state index contributed by atoms with van der Waals surface area (Å²) in [5.74, 6) is 0.00507. The van der Waals surface area contributed by atoms with Crippen LogP contribution in [-0.4, -0.2) is 66.3 Å². The maximum absolute atomic E-state index is 14.3. The van der Waals surface area contributed by atoms with E-state index in [0.29, 0.717) is 72.5 Å². The molecule has 1 saturated heterocycles. The molecular formula is C27H29F2N9O2. The largest absolute Gasteiger partial charge is 0.461 e. The van der Waals surface area contributed by atoms with Gasteiger partial charge in [-0.1, -0.05) is 13.8 Å². The number of nitrogens with zero attached hydrogens (tertiary/aromatic N) is 8. The molecule has 1 atom stereocenters. The summed E-state index contributed by atoms with van der Waals surface area (Å²) >= 11 is 0. The van der Waals surface area contributed by atoms with Crippen molar-refractivity contribution in [2.45, 2.75) is 32.7 Å². The van der Waals surface area contributed by atoms with Crippen LogP contribution in [0.25, 0.3) is 28.3 Å². The molecule has 1 aliphatic heterocycles. The van der Waals surface area contributed by atoms with Gasteiger partial charge >= 0.3 is 0 Å². The zero-order chi connectivity index (χ0) is 28.0. The Balaban J connectivity index is 1.30. The van der Waals surface area contributed by atoms with Crippen LogP contribution in [0, 0.1) is 17.6 Å². The minimum atomic E-state index is -0.621. The summed E-state index contributed by atoms with van der Waals surface area (Å²) in [5.41, 5.74) is 7.51. The van der Waals surface area contributed by atoms with Crippen molar-refractivity contribution >= 4 is 34.2 Å². The molecule has 13 heteroatoms. The molecule has 1 amide bonds. The molecule has 0 bridgehead atoms. The summed E-state index contributed by atoms with van der Waals surface area (Å²) in [6.45, 7) is 5.83. The lowest BCUT2D eigenvalue weighted by Crippen LogP contribution is -2.51. The molecule has 0 radical (unpaired) electrons. The lowest BCUT2D eigenvalue weighted by Gasteiger charge is -2.37. The number of halogens is 2. The van der Waals surface area contributed by atoms with Gasteiger partial charge in [0, 0.05) is 32.2 Å². The van der Waals surface area contributed by atoms with Gasteiger partial charge < -0.3 is 20.0 Å². The fourth-order valence-corrected chi connectivity index (χ4v) is 5.12. The number of carbonyl (C=O) groups excluding carboxylic acids is 1. The molecule has 1 fully saturated rings. The first-order valence-electron chi connectivity index (χ1n) is 13.2. The molecule has 1 aliphatic rings. The molecule has 40 heavy (non-hydrogen) atoms. The Morgan fingerprint density at radius 2 is 1.88 bits per heavy atom. The lowest BCUT2D eigenvalue weighted by atomic mass is 10.0. The van der Waals surface area contributed by atoms with Crippen molar-refractivity contribution in [1.29, 1.82) is 0 Å². The van der Waals surface area contributed by atoms with Gasteiger partial charge in [0.15, 0.2) is 17.1 Å². The fourth-order valence-electron chi connectivity index (χ4n) is 5.12. The van der Waals surface area contributed by atoms with E-state index < -0.39 is 17.7 Å². The molecule has 0 aliphatic carbocycles. The summed E-state index contributed by atoms with van der Waals surface area (Å²) in [4.78, 5) is 26.7. The summed E-state index contributed by atoms with van der Waals surface area (Å²) in [5, 5.41) is 9.63. The zero-order valence-corrected chi connectivity index (χ0v) is 22.2. The number of piperazine rings is 1. The normalized spacial score (nSPS) is 15.0. The SMILES string of the molecule is CC(C)CC[C@@H](C(=O)N1CCN(c2ccc(F)cc2F)CC1)n1ncc2c1nc(N)n1nc(-c3ccco3)nc21. The predicted octanol–water partition coefficient (Wildman–Crippen LogP) is 3.92. The Morgan fingerprint density at radius 1 is 1.07 bits per heavy atom. The van der Waals surface area contributed by atoms with E-state index in [2.05, 4.69) is 34.0 Å². The van der Waals surface area contributed by atoms with E-state index in [1.54, 1.807) is 27.9 Å². The second-order valence-electron chi connectivity index (χ2n) is 10.3. The maximum atomic E-state index is 14.3. The molecule has 0 spiro atoms. The number of hydrogen-bond donors (Lipinski definition) is 1. The van der Waals surface area contributed by atoms with E-state index in [4.69, 9.17) is 10.2 Å². The number of hydrogen-bond acceptors (Lipinski definition) is 8. The Labute approximate surface area is 228 Å². The summed E-state index contributed by atoms with van der Waals surface area (Å²) in [6.07, 6.45) is 4.51. The number of anilines is 2. The van der Waals surface area contributed by atoms with Crippen molar-refractivity contribution in [3.05, 3.63) is 54.4 Å². The monoisotopic (exact) mass is 549 g/mol. The first kappa shape index (κ1) is 25.7. The van der Waals surface area contributed by atoms with Crippen molar-refractivity contribution in [2.75, 3.05) is 36.8 Å². The molecule has 4 aromatic heterocycles. The number of fused-ring (bicyclic) bond motifs is 3. The predicted molar refractivity (Wildman–Crippen MR) is 144 cm³/mol. The topological polar surface area (TPSA) is 124 Å². The van der Waals surface area contributed by atoms with Crippen LogP contribution in [0.1, 0.15) is 32.7 Å². The van der Waals surface area contributed by atoms with E-state index in [-0.39, 0.29) is 11.9 Å². The highest BCUT2D eigenvalue weighted by molar-refractivity contribution is 5.92. The van der Waals surface area contributed by atoms with Gasteiger partial charge in [-0.15, -0.1) is 5.10 Å². The number of amides is 1. The van der Waals surface area contributed by atoms with E-state index in [9.17, 15) is 13.6 Å². The number of aromatic nitrogens is 6. The smallest absolute Gasteiger partial charge is 0.247 e. The van der Waals surface area contributed by atoms with Crippen molar-refractivity contribution in [3.8, 4) is 11.6 Å². The fraction of sp³-hybridized carbons (Fsp3) is 0.370. The van der Waals surface area contributed by atoms with E-state index in [1.807, 2.05) is 4.90 Å². The molecule has 2 N–H and O–H groups in total. The minimum Gasteiger partial charge on any atom is -0.461 e. The van der Waals surface area contributed by atoms with Gasteiger partial charge in [-0.2, -0.15) is 14.6 Å². The minimum absolute atomic E-state index is 0.0946. The highest BCUT2D eigenvalue weighted by atomic mass is 19.1. The summed E-state index contributed by atoms with van der Waals surface area (Å²) in [7, 11) is 0. The van der Waals surface area contributed by atoms with Crippen molar-refractivity contribution in [2.24, 2.45) is 5.92 Å². The molecule has 11 nitrogen and oxygen atoms in total. The van der Waals surface area contributed by atoms with Crippen LogP contribution in [0.5, 0.6) is 0 Å². The second-order valence-corrected chi connectivity index (χ2v) is 10.3. The summed E-state index contributed by atoms with van der Waals surface area (Å²) < 4.78 is 36.2. The van der Waals surface area contributed by atoms with Crippen molar-refractivity contribution in [1.82, 2.24) is 34.3 Å². The zero-order valence-electron chi connectivity index (χ0n) is 22.2. The van der Waals surface area contributed by atoms with Gasteiger partial charge in [0.25, 0.3) is 0 Å². The molecule has 208 valence electrons. The van der Waals surface area contributed by atoms with Crippen LogP contribution in [0.3, 0.4) is 0 Å². The van der Waals surface area contributed by atoms with Crippen LogP contribution < -0.4 is 10.6 Å². The third-order valence-corrected chi connectivity index (χ3v) is 7.24. The molecule has 1 aromatic carbocycles. The van der Waals surface area contributed by atoms with Gasteiger partial charge in [-0.3, -0.25) is 4.79 Å². The van der Waals surface area contributed by atoms with Gasteiger partial charge in [0.1, 0.15) is 17.7 Å². The molecular weight excluding hydrogens is 520 g/mol. The average molecular weight is 550 g/mol. The van der Waals surface area contributed by atoms with Crippen molar-refractivity contribution in [3.63, 3.8) is 0 Å². The quantitative estimate of drug-likeness (QED) is 0.324. The first-order valence-corrected chi connectivity index (χ1v) is 13.2. The van der Waals surface area contributed by atoms with Crippen LogP contribution in [-0.2, 0) is 4.79 Å². The van der Waals surface area contributed by atoms with Crippen LogP contribution in [0.15, 0.2) is 47.2 Å².